The molecule has 5 heteroatoms. The Labute approximate surface area is 182 Å². The Morgan fingerprint density at radius 1 is 1.10 bits per heavy atom. The second-order valence-corrected chi connectivity index (χ2v) is 9.67. The van der Waals surface area contributed by atoms with Crippen molar-refractivity contribution in [1.29, 1.82) is 0 Å². The molecule has 0 saturated carbocycles. The molecule has 1 saturated heterocycles. The minimum Gasteiger partial charge on any atom is -0.488 e. The van der Waals surface area contributed by atoms with E-state index in [0.717, 1.165) is 48.1 Å². The summed E-state index contributed by atoms with van der Waals surface area (Å²) in [6.45, 7) is 5.85. The third-order valence-corrected chi connectivity index (χ3v) is 6.35. The summed E-state index contributed by atoms with van der Waals surface area (Å²) in [5.41, 5.74) is 1.98. The van der Waals surface area contributed by atoms with Crippen LogP contribution < -0.4 is 4.74 Å². The molecule has 156 valence electrons. The van der Waals surface area contributed by atoms with E-state index in [-0.39, 0.29) is 12.0 Å². The second kappa shape index (κ2) is 9.52. The monoisotopic (exact) mass is 420 g/mol. The molecule has 1 aliphatic rings. The van der Waals surface area contributed by atoms with E-state index in [0.29, 0.717) is 11.7 Å². The number of aromatic nitrogens is 1. The van der Waals surface area contributed by atoms with Gasteiger partial charge in [0.25, 0.3) is 0 Å². The van der Waals surface area contributed by atoms with Gasteiger partial charge in [0.1, 0.15) is 17.4 Å². The third kappa shape index (κ3) is 5.14. The van der Waals surface area contributed by atoms with E-state index in [1.807, 2.05) is 47.0 Å². The van der Waals surface area contributed by atoms with Crippen molar-refractivity contribution < 1.29 is 9.53 Å². The Kier molecular flexibility index (Phi) is 6.58. The third-order valence-electron chi connectivity index (χ3n) is 5.33. The lowest BCUT2D eigenvalue weighted by molar-refractivity contribution is -0.132. The number of benzene rings is 2. The largest absolute Gasteiger partial charge is 0.488 e. The zero-order chi connectivity index (χ0) is 20.9. The quantitative estimate of drug-likeness (QED) is 0.504. The van der Waals surface area contributed by atoms with Gasteiger partial charge in [-0.2, -0.15) is 0 Å². The Morgan fingerprint density at radius 3 is 2.57 bits per heavy atom. The minimum absolute atomic E-state index is 0.119. The topological polar surface area (TPSA) is 42.4 Å². The van der Waals surface area contributed by atoms with E-state index in [1.54, 1.807) is 6.20 Å². The summed E-state index contributed by atoms with van der Waals surface area (Å²) in [5.74, 6) is 1.03. The van der Waals surface area contributed by atoms with E-state index in [2.05, 4.69) is 43.1 Å². The number of thioether (sulfide) groups is 1. The molecule has 0 unspecified atom stereocenters. The van der Waals surface area contributed by atoms with Gasteiger partial charge in [-0.1, -0.05) is 44.2 Å². The fraction of sp³-hybridized carbons (Fsp3) is 0.360. The van der Waals surface area contributed by atoms with Crippen LogP contribution in [0.5, 0.6) is 5.75 Å². The zero-order valence-electron chi connectivity index (χ0n) is 17.6. The molecule has 0 N–H and O–H groups in total. The van der Waals surface area contributed by atoms with E-state index >= 15 is 0 Å². The van der Waals surface area contributed by atoms with Crippen molar-refractivity contribution in [3.05, 3.63) is 66.4 Å². The van der Waals surface area contributed by atoms with Gasteiger partial charge in [-0.3, -0.25) is 9.78 Å². The number of pyridine rings is 1. The summed E-state index contributed by atoms with van der Waals surface area (Å²) in [4.78, 5) is 20.4. The molecule has 1 aromatic heterocycles. The molecule has 30 heavy (non-hydrogen) atoms. The number of carbonyl (C=O) groups excluding carboxylic acids is 1. The summed E-state index contributed by atoms with van der Waals surface area (Å²) in [7, 11) is 0. The lowest BCUT2D eigenvalue weighted by Gasteiger charge is -2.32. The lowest BCUT2D eigenvalue weighted by atomic mass is 10.1. The fourth-order valence-electron chi connectivity index (χ4n) is 3.82. The van der Waals surface area contributed by atoms with Crippen molar-refractivity contribution in [3.8, 4) is 5.75 Å². The van der Waals surface area contributed by atoms with Crippen molar-refractivity contribution >= 4 is 28.6 Å². The predicted molar refractivity (Wildman–Crippen MR) is 123 cm³/mol. The molecule has 0 atom stereocenters. The minimum atomic E-state index is 0.119. The highest BCUT2D eigenvalue weighted by molar-refractivity contribution is 7.99. The van der Waals surface area contributed by atoms with Gasteiger partial charge >= 0.3 is 0 Å². The summed E-state index contributed by atoms with van der Waals surface area (Å²) < 4.78 is 6.26. The van der Waals surface area contributed by atoms with Crippen LogP contribution in [-0.2, 0) is 11.2 Å². The van der Waals surface area contributed by atoms with Gasteiger partial charge < -0.3 is 9.64 Å². The summed E-state index contributed by atoms with van der Waals surface area (Å²) in [5, 5.41) is 1.64. The summed E-state index contributed by atoms with van der Waals surface area (Å²) in [6.07, 6.45) is 4.07. The molecule has 1 fully saturated rings. The second-order valence-electron chi connectivity index (χ2n) is 8.02. The van der Waals surface area contributed by atoms with Gasteiger partial charge in [0.05, 0.1) is 6.42 Å². The normalized spacial score (nSPS) is 15.0. The highest BCUT2D eigenvalue weighted by Crippen LogP contribution is 2.27. The number of hydrogen-bond donors (Lipinski definition) is 0. The Morgan fingerprint density at radius 2 is 1.83 bits per heavy atom. The van der Waals surface area contributed by atoms with Gasteiger partial charge in [0, 0.05) is 47.7 Å². The highest BCUT2D eigenvalue weighted by Gasteiger charge is 2.24. The van der Waals surface area contributed by atoms with Crippen LogP contribution in [0.2, 0.25) is 0 Å². The van der Waals surface area contributed by atoms with Gasteiger partial charge in [-0.15, -0.1) is 11.8 Å². The Balaban J connectivity index is 1.30. The highest BCUT2D eigenvalue weighted by atomic mass is 32.2. The molecule has 1 aliphatic heterocycles. The van der Waals surface area contributed by atoms with Crippen LogP contribution in [0, 0.1) is 0 Å². The van der Waals surface area contributed by atoms with Crippen molar-refractivity contribution in [2.24, 2.45) is 0 Å². The molecule has 2 heterocycles. The molecule has 0 aliphatic carbocycles. The Bertz CT molecular complexity index is 990. The number of fused-ring (bicyclic) bond motifs is 1. The number of nitrogens with zero attached hydrogens (tertiary/aromatic N) is 2. The molecular weight excluding hydrogens is 392 g/mol. The first kappa shape index (κ1) is 20.7. The van der Waals surface area contributed by atoms with E-state index in [1.165, 1.54) is 4.90 Å². The van der Waals surface area contributed by atoms with Gasteiger partial charge in [-0.05, 0) is 29.8 Å². The first-order valence-corrected chi connectivity index (χ1v) is 11.5. The van der Waals surface area contributed by atoms with E-state index in [4.69, 9.17) is 4.74 Å². The van der Waals surface area contributed by atoms with Crippen LogP contribution in [0.4, 0.5) is 0 Å². The summed E-state index contributed by atoms with van der Waals surface area (Å²) >= 11 is 1.84. The van der Waals surface area contributed by atoms with Crippen molar-refractivity contribution in [2.75, 3.05) is 13.1 Å². The van der Waals surface area contributed by atoms with E-state index < -0.39 is 0 Å². The maximum Gasteiger partial charge on any atom is 0.226 e. The number of carbonyl (C=O) groups is 1. The molecule has 0 bridgehead atoms. The van der Waals surface area contributed by atoms with Crippen LogP contribution in [0.3, 0.4) is 0 Å². The van der Waals surface area contributed by atoms with Gasteiger partial charge in [-0.25, -0.2) is 0 Å². The first-order valence-electron chi connectivity index (χ1n) is 10.6. The average molecular weight is 421 g/mol. The van der Waals surface area contributed by atoms with Crippen LogP contribution in [0.15, 0.2) is 65.7 Å². The van der Waals surface area contributed by atoms with Crippen LogP contribution >= 0.6 is 11.8 Å². The molecule has 3 aromatic rings. The maximum atomic E-state index is 12.7. The van der Waals surface area contributed by atoms with E-state index in [9.17, 15) is 4.79 Å². The smallest absolute Gasteiger partial charge is 0.226 e. The van der Waals surface area contributed by atoms with Crippen LogP contribution in [0.25, 0.3) is 10.9 Å². The lowest BCUT2D eigenvalue weighted by Crippen LogP contribution is -2.42. The molecule has 0 radical (unpaired) electrons. The van der Waals surface area contributed by atoms with Crippen molar-refractivity contribution in [3.63, 3.8) is 0 Å². The van der Waals surface area contributed by atoms with Crippen LogP contribution in [0.1, 0.15) is 32.3 Å². The summed E-state index contributed by atoms with van der Waals surface area (Å²) in [6, 6.07) is 18.4. The van der Waals surface area contributed by atoms with Crippen molar-refractivity contribution in [1.82, 2.24) is 9.88 Å². The first-order chi connectivity index (χ1) is 14.6. The zero-order valence-corrected chi connectivity index (χ0v) is 18.4. The SMILES string of the molecule is CC(C)Sc1ccc(CC(=O)N2CCC(Oc3cccc4cccnc34)CC2)cc1. The number of rotatable bonds is 6. The van der Waals surface area contributed by atoms with Gasteiger partial charge in [0.2, 0.25) is 5.91 Å². The number of amides is 1. The molecule has 4 rings (SSSR count). The number of ether oxygens (including phenoxy) is 1. The standard InChI is InChI=1S/C25H28N2O2S/c1-18(2)30-22-10-8-19(9-11-22)17-24(28)27-15-12-21(13-16-27)29-23-7-3-5-20-6-4-14-26-25(20)23/h3-11,14,18,21H,12-13,15-17H2,1-2H3. The molecule has 1 amide bonds. The number of hydrogen-bond acceptors (Lipinski definition) is 4. The maximum absolute atomic E-state index is 12.7. The number of likely N-dealkylation sites (tertiary alicyclic amines) is 1. The average Bonchev–Trinajstić information content (AvgIpc) is 2.75. The molecule has 0 spiro atoms. The van der Waals surface area contributed by atoms with Gasteiger partial charge in [0.15, 0.2) is 0 Å². The number of para-hydroxylation sites is 1. The molecule has 4 nitrogen and oxygen atoms in total. The molecule has 2 aromatic carbocycles. The number of piperidine rings is 1. The predicted octanol–water partition coefficient (Wildman–Crippen LogP) is 5.35. The van der Waals surface area contributed by atoms with Crippen molar-refractivity contribution in [2.45, 2.75) is 49.4 Å². The van der Waals surface area contributed by atoms with Crippen LogP contribution in [-0.4, -0.2) is 40.2 Å². The Hall–Kier alpha value is -2.53. The molecular formula is C25H28N2O2S. The fourth-order valence-corrected chi connectivity index (χ4v) is 4.66.